The van der Waals surface area contributed by atoms with Crippen LogP contribution in [-0.2, 0) is 0 Å². The van der Waals surface area contributed by atoms with Gasteiger partial charge in [0.2, 0.25) is 0 Å². The summed E-state index contributed by atoms with van der Waals surface area (Å²) in [5, 5.41) is 10.9. The Kier molecular flexibility index (Phi) is 2.94. The molecule has 0 amide bonds. The highest BCUT2D eigenvalue weighted by Crippen LogP contribution is 2.35. The molecule has 0 atom stereocenters. The monoisotopic (exact) mass is 250 g/mol. The van der Waals surface area contributed by atoms with Crippen molar-refractivity contribution in [2.75, 3.05) is 0 Å². The van der Waals surface area contributed by atoms with E-state index in [0.29, 0.717) is 16.2 Å². The Balaban J connectivity index is 3.00. The van der Waals surface area contributed by atoms with E-state index in [-0.39, 0.29) is 5.75 Å². The van der Waals surface area contributed by atoms with Gasteiger partial charge in [0, 0.05) is 11.5 Å². The molecule has 0 spiro atoms. The molecule has 0 aliphatic carbocycles. The van der Waals surface area contributed by atoms with Crippen molar-refractivity contribution in [3.8, 4) is 5.75 Å². The number of benzene rings is 1. The number of hydrogen-bond donors (Lipinski definition) is 1. The molecule has 0 fully saturated rings. The molecule has 0 saturated carbocycles. The van der Waals surface area contributed by atoms with Crippen LogP contribution < -0.4 is 5.63 Å². The Bertz CT molecular complexity index is 668. The zero-order valence-corrected chi connectivity index (χ0v) is 10.2. The minimum Gasteiger partial charge on any atom is -0.507 e. The zero-order chi connectivity index (χ0) is 12.6. The highest BCUT2D eigenvalue weighted by molar-refractivity contribution is 6.50. The number of phenols is 1. The van der Waals surface area contributed by atoms with E-state index < -0.39 is 5.63 Å². The molecular formula is C13H11ClO3. The molecule has 2 rings (SSSR count). The van der Waals surface area contributed by atoms with Crippen molar-refractivity contribution >= 4 is 27.6 Å². The Morgan fingerprint density at radius 3 is 2.82 bits per heavy atom. The fourth-order valence-electron chi connectivity index (χ4n) is 1.75. The number of rotatable bonds is 1. The second kappa shape index (κ2) is 4.26. The number of aryl methyl sites for hydroxylation is 1. The summed E-state index contributed by atoms with van der Waals surface area (Å²) >= 11 is 6.02. The SMILES string of the molecule is C/C=C(/Cl)c1c(O)ccc2c(C)cc(=O)oc12. The van der Waals surface area contributed by atoms with Crippen LogP contribution in [0.2, 0.25) is 0 Å². The minimum atomic E-state index is -0.456. The topological polar surface area (TPSA) is 50.4 Å². The van der Waals surface area contributed by atoms with Gasteiger partial charge < -0.3 is 9.52 Å². The quantitative estimate of drug-likeness (QED) is 0.789. The lowest BCUT2D eigenvalue weighted by Crippen LogP contribution is -1.99. The van der Waals surface area contributed by atoms with Gasteiger partial charge >= 0.3 is 5.63 Å². The van der Waals surface area contributed by atoms with Crippen molar-refractivity contribution in [3.05, 3.63) is 45.8 Å². The molecule has 2 aromatic rings. The van der Waals surface area contributed by atoms with Crippen LogP contribution in [-0.4, -0.2) is 5.11 Å². The highest BCUT2D eigenvalue weighted by Gasteiger charge is 2.14. The van der Waals surface area contributed by atoms with Gasteiger partial charge in [0.1, 0.15) is 5.75 Å². The van der Waals surface area contributed by atoms with Gasteiger partial charge in [-0.25, -0.2) is 4.79 Å². The maximum atomic E-state index is 11.4. The van der Waals surface area contributed by atoms with Gasteiger partial charge in [0.15, 0.2) is 5.58 Å². The van der Waals surface area contributed by atoms with E-state index in [9.17, 15) is 9.90 Å². The molecule has 0 unspecified atom stereocenters. The molecule has 1 aromatic carbocycles. The van der Waals surface area contributed by atoms with Crippen molar-refractivity contribution in [1.82, 2.24) is 0 Å². The Hall–Kier alpha value is -1.74. The smallest absolute Gasteiger partial charge is 0.336 e. The Labute approximate surface area is 103 Å². The number of hydrogen-bond acceptors (Lipinski definition) is 3. The van der Waals surface area contributed by atoms with Gasteiger partial charge in [-0.15, -0.1) is 0 Å². The second-order valence-electron chi connectivity index (χ2n) is 3.72. The molecule has 4 heteroatoms. The van der Waals surface area contributed by atoms with E-state index in [1.165, 1.54) is 12.1 Å². The standard InChI is InChI=1S/C13H11ClO3/c1-3-9(14)12-10(15)5-4-8-7(2)6-11(16)17-13(8)12/h3-6,15H,1-2H3/b9-3+. The normalized spacial score (nSPS) is 12.1. The molecule has 0 radical (unpaired) electrons. The van der Waals surface area contributed by atoms with Crippen LogP contribution >= 0.6 is 11.6 Å². The van der Waals surface area contributed by atoms with Crippen molar-refractivity contribution in [2.45, 2.75) is 13.8 Å². The van der Waals surface area contributed by atoms with Crippen LogP contribution in [0.1, 0.15) is 18.1 Å². The third-order valence-corrected chi connectivity index (χ3v) is 3.00. The molecular weight excluding hydrogens is 240 g/mol. The third kappa shape index (κ3) is 1.94. The van der Waals surface area contributed by atoms with Gasteiger partial charge in [-0.05, 0) is 31.5 Å². The first-order chi connectivity index (χ1) is 8.04. The van der Waals surface area contributed by atoms with E-state index in [1.807, 2.05) is 6.92 Å². The largest absolute Gasteiger partial charge is 0.507 e. The van der Waals surface area contributed by atoms with Crippen LogP contribution in [0.15, 0.2) is 33.5 Å². The molecule has 0 aliphatic rings. The maximum Gasteiger partial charge on any atom is 0.336 e. The first kappa shape index (κ1) is 11.7. The number of phenolic OH excluding ortho intramolecular Hbond substituents is 1. The lowest BCUT2D eigenvalue weighted by molar-refractivity contribution is 0.471. The summed E-state index contributed by atoms with van der Waals surface area (Å²) in [5.74, 6) is -0.00523. The number of aromatic hydroxyl groups is 1. The van der Waals surface area contributed by atoms with E-state index in [2.05, 4.69) is 0 Å². The molecule has 1 heterocycles. The van der Waals surface area contributed by atoms with E-state index in [1.54, 1.807) is 19.1 Å². The van der Waals surface area contributed by atoms with E-state index >= 15 is 0 Å². The van der Waals surface area contributed by atoms with Crippen LogP contribution in [0.25, 0.3) is 16.0 Å². The molecule has 1 aromatic heterocycles. The summed E-state index contributed by atoms with van der Waals surface area (Å²) in [6.45, 7) is 3.55. The predicted octanol–water partition coefficient (Wildman–Crippen LogP) is 3.41. The zero-order valence-electron chi connectivity index (χ0n) is 9.45. The summed E-state index contributed by atoms with van der Waals surface area (Å²) < 4.78 is 5.14. The van der Waals surface area contributed by atoms with Crippen LogP contribution in [0, 0.1) is 6.92 Å². The number of allylic oxidation sites excluding steroid dienone is 1. The summed E-state index contributed by atoms with van der Waals surface area (Å²) in [7, 11) is 0. The van der Waals surface area contributed by atoms with Gasteiger partial charge in [-0.3, -0.25) is 0 Å². The molecule has 0 saturated heterocycles. The summed E-state index contributed by atoms with van der Waals surface area (Å²) in [6.07, 6.45) is 1.64. The number of fused-ring (bicyclic) bond motifs is 1. The Morgan fingerprint density at radius 2 is 2.18 bits per heavy atom. The summed E-state index contributed by atoms with van der Waals surface area (Å²) in [6, 6.07) is 4.65. The third-order valence-electron chi connectivity index (χ3n) is 2.59. The van der Waals surface area contributed by atoms with E-state index in [0.717, 1.165) is 10.9 Å². The average molecular weight is 251 g/mol. The molecule has 1 N–H and O–H groups in total. The van der Waals surface area contributed by atoms with Crippen LogP contribution in [0.5, 0.6) is 5.75 Å². The summed E-state index contributed by atoms with van der Waals surface area (Å²) in [4.78, 5) is 11.4. The molecule has 3 nitrogen and oxygen atoms in total. The molecule has 17 heavy (non-hydrogen) atoms. The molecule has 88 valence electrons. The molecule has 0 aliphatic heterocycles. The maximum absolute atomic E-state index is 11.4. The molecule has 0 bridgehead atoms. The first-order valence-electron chi connectivity index (χ1n) is 5.13. The lowest BCUT2D eigenvalue weighted by Gasteiger charge is -2.07. The lowest BCUT2D eigenvalue weighted by atomic mass is 10.1. The fourth-order valence-corrected chi connectivity index (χ4v) is 1.93. The van der Waals surface area contributed by atoms with Crippen molar-refractivity contribution in [1.29, 1.82) is 0 Å². The summed E-state index contributed by atoms with van der Waals surface area (Å²) in [5.41, 5.74) is 1.01. The van der Waals surface area contributed by atoms with Crippen molar-refractivity contribution < 1.29 is 9.52 Å². The highest BCUT2D eigenvalue weighted by atomic mass is 35.5. The van der Waals surface area contributed by atoms with Gasteiger partial charge in [0.25, 0.3) is 0 Å². The predicted molar refractivity (Wildman–Crippen MR) is 68.4 cm³/mol. The minimum absolute atomic E-state index is 0.00523. The van der Waals surface area contributed by atoms with Crippen molar-refractivity contribution in [2.24, 2.45) is 0 Å². The van der Waals surface area contributed by atoms with E-state index in [4.69, 9.17) is 16.0 Å². The van der Waals surface area contributed by atoms with Crippen LogP contribution in [0.4, 0.5) is 0 Å². The van der Waals surface area contributed by atoms with Crippen molar-refractivity contribution in [3.63, 3.8) is 0 Å². The van der Waals surface area contributed by atoms with Gasteiger partial charge in [0.05, 0.1) is 10.6 Å². The Morgan fingerprint density at radius 1 is 1.47 bits per heavy atom. The first-order valence-corrected chi connectivity index (χ1v) is 5.51. The van der Waals surface area contributed by atoms with Gasteiger partial charge in [-0.2, -0.15) is 0 Å². The van der Waals surface area contributed by atoms with Crippen LogP contribution in [0.3, 0.4) is 0 Å². The average Bonchev–Trinajstić information content (AvgIpc) is 2.27. The fraction of sp³-hybridized carbons (Fsp3) is 0.154. The van der Waals surface area contributed by atoms with Gasteiger partial charge in [-0.1, -0.05) is 17.7 Å². The number of halogens is 1. The second-order valence-corrected chi connectivity index (χ2v) is 4.13.